The fourth-order valence-corrected chi connectivity index (χ4v) is 3.08. The molecule has 0 spiro atoms. The van der Waals surface area contributed by atoms with Crippen molar-refractivity contribution in [1.29, 1.82) is 0 Å². The number of hydrogen-bond acceptors (Lipinski definition) is 7. The minimum Gasteiger partial charge on any atom is -0.497 e. The third-order valence-electron chi connectivity index (χ3n) is 3.65. The molecule has 9 heteroatoms. The summed E-state index contributed by atoms with van der Waals surface area (Å²) in [5, 5.41) is 11.3. The van der Waals surface area contributed by atoms with Gasteiger partial charge in [0.05, 0.1) is 19.5 Å². The van der Waals surface area contributed by atoms with Crippen LogP contribution >= 0.6 is 11.8 Å². The summed E-state index contributed by atoms with van der Waals surface area (Å²) < 4.78 is 11.9. The largest absolute Gasteiger partial charge is 0.497 e. The second kappa shape index (κ2) is 10.6. The van der Waals surface area contributed by atoms with E-state index in [-0.39, 0.29) is 12.4 Å². The predicted octanol–water partition coefficient (Wildman–Crippen LogP) is 3.12. The number of carbonyl (C=O) groups is 2. The van der Waals surface area contributed by atoms with Crippen LogP contribution in [-0.4, -0.2) is 46.2 Å². The van der Waals surface area contributed by atoms with Crippen LogP contribution in [0.5, 0.6) is 5.75 Å². The van der Waals surface area contributed by atoms with Crippen molar-refractivity contribution in [2.24, 2.45) is 0 Å². The molecule has 1 heterocycles. The number of amides is 2. The van der Waals surface area contributed by atoms with Crippen LogP contribution < -0.4 is 10.1 Å². The number of ether oxygens (including phenoxy) is 2. The molecular formula is C18H24N4O4S. The molecule has 1 aromatic heterocycles. The average Bonchev–Trinajstić information content (AvgIpc) is 3.07. The molecule has 2 aromatic rings. The molecular weight excluding hydrogens is 368 g/mol. The van der Waals surface area contributed by atoms with Gasteiger partial charge in [0.25, 0.3) is 0 Å². The van der Waals surface area contributed by atoms with Gasteiger partial charge in [0.15, 0.2) is 11.0 Å². The molecule has 8 nitrogen and oxygen atoms in total. The van der Waals surface area contributed by atoms with E-state index in [1.165, 1.54) is 11.8 Å². The second-order valence-corrected chi connectivity index (χ2v) is 6.54. The van der Waals surface area contributed by atoms with Crippen molar-refractivity contribution >= 4 is 23.8 Å². The van der Waals surface area contributed by atoms with Gasteiger partial charge in [-0.15, -0.1) is 10.2 Å². The van der Waals surface area contributed by atoms with Gasteiger partial charge in [0.1, 0.15) is 5.75 Å². The summed E-state index contributed by atoms with van der Waals surface area (Å²) in [7, 11) is 1.62. The molecule has 0 aliphatic carbocycles. The minimum atomic E-state index is -0.741. The van der Waals surface area contributed by atoms with Crippen molar-refractivity contribution < 1.29 is 19.1 Å². The molecule has 27 heavy (non-hydrogen) atoms. The van der Waals surface area contributed by atoms with Crippen LogP contribution in [0, 0.1) is 0 Å². The van der Waals surface area contributed by atoms with Crippen LogP contribution in [0.4, 0.5) is 4.79 Å². The standard InChI is InChI=1S/C18H24N4O4S/c1-4-6-11-22-16(13-7-9-14(25-3)10-8-13)20-21-17(22)27-12-15(23)19-18(24)26-5-2/h7-10H,4-6,11-12H2,1-3H3,(H,19,23,24). The number of thioether (sulfide) groups is 1. The molecule has 0 saturated carbocycles. The highest BCUT2D eigenvalue weighted by Crippen LogP contribution is 2.26. The number of rotatable bonds is 9. The molecule has 0 fully saturated rings. The van der Waals surface area contributed by atoms with E-state index in [2.05, 4.69) is 22.4 Å². The first-order chi connectivity index (χ1) is 13.1. The summed E-state index contributed by atoms with van der Waals surface area (Å²) >= 11 is 1.23. The highest BCUT2D eigenvalue weighted by atomic mass is 32.2. The van der Waals surface area contributed by atoms with Crippen LogP contribution in [0.3, 0.4) is 0 Å². The molecule has 1 N–H and O–H groups in total. The quantitative estimate of drug-likeness (QED) is 0.655. The van der Waals surface area contributed by atoms with Crippen molar-refractivity contribution in [3.63, 3.8) is 0 Å². The molecule has 0 unspecified atom stereocenters. The lowest BCUT2D eigenvalue weighted by molar-refractivity contribution is -0.117. The van der Waals surface area contributed by atoms with Crippen LogP contribution in [0.25, 0.3) is 11.4 Å². The average molecular weight is 392 g/mol. The van der Waals surface area contributed by atoms with Gasteiger partial charge >= 0.3 is 6.09 Å². The number of imide groups is 1. The van der Waals surface area contributed by atoms with E-state index >= 15 is 0 Å². The van der Waals surface area contributed by atoms with Crippen LogP contribution in [0.2, 0.25) is 0 Å². The van der Waals surface area contributed by atoms with Crippen LogP contribution in [0.15, 0.2) is 29.4 Å². The van der Waals surface area contributed by atoms with E-state index in [1.54, 1.807) is 14.0 Å². The monoisotopic (exact) mass is 392 g/mol. The van der Waals surface area contributed by atoms with E-state index in [9.17, 15) is 9.59 Å². The number of alkyl carbamates (subject to hydrolysis) is 1. The zero-order valence-corrected chi connectivity index (χ0v) is 16.5. The molecule has 2 amide bonds. The Balaban J connectivity index is 2.12. The number of nitrogens with zero attached hydrogens (tertiary/aromatic N) is 3. The predicted molar refractivity (Wildman–Crippen MR) is 103 cm³/mol. The van der Waals surface area contributed by atoms with Crippen molar-refractivity contribution in [2.45, 2.75) is 38.4 Å². The summed E-state index contributed by atoms with van der Waals surface area (Å²) in [4.78, 5) is 23.2. The Kier molecular flexibility index (Phi) is 8.12. The van der Waals surface area contributed by atoms with Crippen LogP contribution in [0.1, 0.15) is 26.7 Å². The number of unbranched alkanes of at least 4 members (excludes halogenated alkanes) is 1. The zero-order valence-electron chi connectivity index (χ0n) is 15.7. The summed E-state index contributed by atoms with van der Waals surface area (Å²) in [6.07, 6.45) is 1.24. The first kappa shape index (κ1) is 20.8. The maximum absolute atomic E-state index is 11.9. The molecule has 0 radical (unpaired) electrons. The topological polar surface area (TPSA) is 95.3 Å². The molecule has 0 aliphatic heterocycles. The molecule has 2 rings (SSSR count). The van der Waals surface area contributed by atoms with E-state index in [0.29, 0.717) is 5.16 Å². The smallest absolute Gasteiger partial charge is 0.413 e. The van der Waals surface area contributed by atoms with Crippen molar-refractivity contribution in [2.75, 3.05) is 19.5 Å². The number of nitrogens with one attached hydrogen (secondary N) is 1. The van der Waals surface area contributed by atoms with Gasteiger partial charge in [-0.1, -0.05) is 25.1 Å². The third kappa shape index (κ3) is 5.99. The lowest BCUT2D eigenvalue weighted by Crippen LogP contribution is -2.32. The van der Waals surface area contributed by atoms with Gasteiger partial charge in [-0.05, 0) is 37.6 Å². The van der Waals surface area contributed by atoms with E-state index in [4.69, 9.17) is 9.47 Å². The first-order valence-electron chi connectivity index (χ1n) is 8.76. The van der Waals surface area contributed by atoms with Gasteiger partial charge in [-0.25, -0.2) is 4.79 Å². The van der Waals surface area contributed by atoms with Gasteiger partial charge in [-0.3, -0.25) is 10.1 Å². The zero-order chi connectivity index (χ0) is 19.6. The van der Waals surface area contributed by atoms with Gasteiger partial charge in [0.2, 0.25) is 5.91 Å². The Hall–Kier alpha value is -2.55. The number of carbonyl (C=O) groups excluding carboxylic acids is 2. The highest BCUT2D eigenvalue weighted by Gasteiger charge is 2.16. The molecule has 146 valence electrons. The maximum atomic E-state index is 11.9. The first-order valence-corrected chi connectivity index (χ1v) is 9.74. The minimum absolute atomic E-state index is 0.0473. The Bertz CT molecular complexity index is 761. The van der Waals surface area contributed by atoms with Crippen molar-refractivity contribution in [3.8, 4) is 17.1 Å². The fourth-order valence-electron chi connectivity index (χ4n) is 2.31. The summed E-state index contributed by atoms with van der Waals surface area (Å²) in [5.41, 5.74) is 0.919. The Morgan fingerprint density at radius 1 is 1.19 bits per heavy atom. The van der Waals surface area contributed by atoms with Gasteiger partial charge < -0.3 is 14.0 Å². The van der Waals surface area contributed by atoms with Gasteiger partial charge in [0, 0.05) is 12.1 Å². The number of aromatic nitrogens is 3. The van der Waals surface area contributed by atoms with E-state index in [0.717, 1.165) is 36.5 Å². The summed E-state index contributed by atoms with van der Waals surface area (Å²) in [5.74, 6) is 1.11. The number of methoxy groups -OCH3 is 1. The Labute approximate surface area is 162 Å². The van der Waals surface area contributed by atoms with E-state index < -0.39 is 12.0 Å². The molecule has 0 atom stereocenters. The molecule has 1 aromatic carbocycles. The van der Waals surface area contributed by atoms with Crippen molar-refractivity contribution in [1.82, 2.24) is 20.1 Å². The van der Waals surface area contributed by atoms with Gasteiger partial charge in [-0.2, -0.15) is 0 Å². The normalized spacial score (nSPS) is 10.5. The lowest BCUT2D eigenvalue weighted by atomic mass is 10.2. The Morgan fingerprint density at radius 2 is 1.93 bits per heavy atom. The van der Waals surface area contributed by atoms with Crippen LogP contribution in [-0.2, 0) is 16.1 Å². The lowest BCUT2D eigenvalue weighted by Gasteiger charge is -2.10. The molecule has 0 aliphatic rings. The SMILES string of the molecule is CCCCn1c(SCC(=O)NC(=O)OCC)nnc1-c1ccc(OC)cc1. The number of hydrogen-bond donors (Lipinski definition) is 1. The molecule has 0 saturated heterocycles. The maximum Gasteiger partial charge on any atom is 0.413 e. The fraction of sp³-hybridized carbons (Fsp3) is 0.444. The number of benzene rings is 1. The Morgan fingerprint density at radius 3 is 2.56 bits per heavy atom. The third-order valence-corrected chi connectivity index (χ3v) is 4.62. The second-order valence-electron chi connectivity index (χ2n) is 5.60. The molecule has 0 bridgehead atoms. The summed E-state index contributed by atoms with van der Waals surface area (Å²) in [6.45, 7) is 4.74. The highest BCUT2D eigenvalue weighted by molar-refractivity contribution is 7.99. The summed E-state index contributed by atoms with van der Waals surface area (Å²) in [6, 6.07) is 7.59. The van der Waals surface area contributed by atoms with Crippen molar-refractivity contribution in [3.05, 3.63) is 24.3 Å². The van der Waals surface area contributed by atoms with E-state index in [1.807, 2.05) is 28.8 Å².